The Labute approximate surface area is 165 Å². The maximum Gasteiger partial charge on any atom is 0.271 e. The molecule has 0 bridgehead atoms. The Hall–Kier alpha value is -4.27. The second kappa shape index (κ2) is 8.61. The summed E-state index contributed by atoms with van der Waals surface area (Å²) in [6, 6.07) is 16.1. The predicted molar refractivity (Wildman–Crippen MR) is 108 cm³/mol. The van der Waals surface area contributed by atoms with Crippen molar-refractivity contribution in [3.8, 4) is 5.69 Å². The van der Waals surface area contributed by atoms with E-state index in [-0.39, 0.29) is 11.6 Å². The molecule has 0 atom stereocenters. The van der Waals surface area contributed by atoms with Crippen LogP contribution in [0.3, 0.4) is 0 Å². The van der Waals surface area contributed by atoms with E-state index in [0.29, 0.717) is 22.6 Å². The van der Waals surface area contributed by atoms with E-state index in [4.69, 9.17) is 0 Å². The van der Waals surface area contributed by atoms with Gasteiger partial charge in [-0.05, 0) is 42.5 Å². The summed E-state index contributed by atoms with van der Waals surface area (Å²) >= 11 is 0. The monoisotopic (exact) mass is 391 g/mol. The van der Waals surface area contributed by atoms with Gasteiger partial charge in [0.1, 0.15) is 0 Å². The Bertz CT molecular complexity index is 1090. The summed E-state index contributed by atoms with van der Waals surface area (Å²) in [7, 11) is 0. The summed E-state index contributed by atoms with van der Waals surface area (Å²) in [4.78, 5) is 33.7. The number of aromatic nitrogens is 1. The number of hydrogen-bond donors (Lipinski definition) is 2. The van der Waals surface area contributed by atoms with E-state index in [2.05, 4.69) is 15.8 Å². The third-order valence-electron chi connectivity index (χ3n) is 3.93. The van der Waals surface area contributed by atoms with E-state index in [0.717, 1.165) is 0 Å². The van der Waals surface area contributed by atoms with E-state index >= 15 is 0 Å². The van der Waals surface area contributed by atoms with E-state index in [1.807, 2.05) is 0 Å². The molecule has 2 N–H and O–H groups in total. The quantitative estimate of drug-likeness (QED) is 0.381. The van der Waals surface area contributed by atoms with Crippen LogP contribution in [0.2, 0.25) is 0 Å². The van der Waals surface area contributed by atoms with Crippen molar-refractivity contribution < 1.29 is 14.5 Å². The third kappa shape index (κ3) is 4.92. The van der Waals surface area contributed by atoms with Crippen LogP contribution >= 0.6 is 0 Å². The molecule has 2 aromatic carbocycles. The van der Waals surface area contributed by atoms with Crippen LogP contribution in [0.5, 0.6) is 0 Å². The third-order valence-corrected chi connectivity index (χ3v) is 3.93. The number of amides is 2. The van der Waals surface area contributed by atoms with Crippen LogP contribution < -0.4 is 10.7 Å². The van der Waals surface area contributed by atoms with Gasteiger partial charge in [-0.2, -0.15) is 5.10 Å². The zero-order valence-electron chi connectivity index (χ0n) is 15.4. The highest BCUT2D eigenvalue weighted by molar-refractivity contribution is 5.96. The van der Waals surface area contributed by atoms with E-state index in [1.54, 1.807) is 59.3 Å². The number of nitro benzene ring substituents is 1. The summed E-state index contributed by atoms with van der Waals surface area (Å²) in [5.41, 5.74) is 4.61. The molecule has 0 fully saturated rings. The van der Waals surface area contributed by atoms with Crippen molar-refractivity contribution >= 4 is 29.4 Å². The van der Waals surface area contributed by atoms with Gasteiger partial charge in [-0.1, -0.05) is 6.07 Å². The second-order valence-corrected chi connectivity index (χ2v) is 6.04. The molecule has 1 aromatic heterocycles. The average molecular weight is 391 g/mol. The van der Waals surface area contributed by atoms with Crippen molar-refractivity contribution in [1.82, 2.24) is 9.99 Å². The topological polar surface area (TPSA) is 119 Å². The number of hydrogen-bond acceptors (Lipinski definition) is 5. The number of carbonyl (C=O) groups excluding carboxylic acids is 2. The van der Waals surface area contributed by atoms with Crippen LogP contribution in [0.25, 0.3) is 5.69 Å². The van der Waals surface area contributed by atoms with Crippen LogP contribution in [0.1, 0.15) is 23.0 Å². The molecule has 1 heterocycles. The van der Waals surface area contributed by atoms with E-state index in [1.165, 1.54) is 25.3 Å². The molecule has 3 rings (SSSR count). The van der Waals surface area contributed by atoms with E-state index in [9.17, 15) is 19.7 Å². The lowest BCUT2D eigenvalue weighted by Crippen LogP contribution is -2.18. The Morgan fingerprint density at radius 1 is 1.10 bits per heavy atom. The van der Waals surface area contributed by atoms with Crippen molar-refractivity contribution in [2.45, 2.75) is 6.92 Å². The molecule has 0 spiro atoms. The molecule has 0 saturated carbocycles. The van der Waals surface area contributed by atoms with Gasteiger partial charge >= 0.3 is 0 Å². The fourth-order valence-corrected chi connectivity index (χ4v) is 2.62. The molecule has 2 amide bonds. The lowest BCUT2D eigenvalue weighted by atomic mass is 10.2. The standard InChI is InChI=1S/C20H17N5O4/c1-14(26)22-16-9-7-15(8-10-16)20(27)23-21-13-19-6-3-11-24(19)17-4-2-5-18(12-17)25(28)29/h2-13H,1H3,(H,22,26)(H,23,27). The number of carbonyl (C=O) groups is 2. The molecule has 0 radical (unpaired) electrons. The first kappa shape index (κ1) is 19.5. The first-order valence-corrected chi connectivity index (χ1v) is 8.57. The maximum absolute atomic E-state index is 12.2. The highest BCUT2D eigenvalue weighted by atomic mass is 16.6. The maximum atomic E-state index is 12.2. The zero-order valence-corrected chi connectivity index (χ0v) is 15.4. The number of nitro groups is 1. The molecule has 146 valence electrons. The van der Waals surface area contributed by atoms with E-state index < -0.39 is 10.8 Å². The Morgan fingerprint density at radius 3 is 2.55 bits per heavy atom. The Balaban J connectivity index is 1.69. The van der Waals surface area contributed by atoms with Gasteiger partial charge in [0, 0.05) is 36.5 Å². The first-order valence-electron chi connectivity index (χ1n) is 8.57. The highest BCUT2D eigenvalue weighted by Gasteiger charge is 2.09. The molecule has 0 unspecified atom stereocenters. The minimum Gasteiger partial charge on any atom is -0.326 e. The van der Waals surface area contributed by atoms with Gasteiger partial charge < -0.3 is 9.88 Å². The number of anilines is 1. The van der Waals surface area contributed by atoms with Crippen molar-refractivity contribution in [2.75, 3.05) is 5.32 Å². The fourth-order valence-electron chi connectivity index (χ4n) is 2.62. The van der Waals surface area contributed by atoms with Crippen molar-refractivity contribution in [2.24, 2.45) is 5.10 Å². The normalized spacial score (nSPS) is 10.7. The summed E-state index contributed by atoms with van der Waals surface area (Å²) in [6.45, 7) is 1.40. The van der Waals surface area contributed by atoms with Crippen LogP contribution in [-0.4, -0.2) is 27.5 Å². The number of benzene rings is 2. The largest absolute Gasteiger partial charge is 0.326 e. The van der Waals surface area contributed by atoms with Gasteiger partial charge in [-0.15, -0.1) is 0 Å². The molecule has 0 saturated heterocycles. The number of rotatable bonds is 6. The highest BCUT2D eigenvalue weighted by Crippen LogP contribution is 2.18. The molecule has 0 aliphatic carbocycles. The fraction of sp³-hybridized carbons (Fsp3) is 0.0500. The van der Waals surface area contributed by atoms with Gasteiger partial charge in [0.05, 0.1) is 22.5 Å². The minimum absolute atomic E-state index is 0.0184. The van der Waals surface area contributed by atoms with Crippen LogP contribution in [0.15, 0.2) is 72.0 Å². The smallest absolute Gasteiger partial charge is 0.271 e. The Morgan fingerprint density at radius 2 is 1.86 bits per heavy atom. The first-order chi connectivity index (χ1) is 13.9. The number of hydrazone groups is 1. The SMILES string of the molecule is CC(=O)Nc1ccc(C(=O)NN=Cc2cccn2-c2cccc([N+](=O)[O-])c2)cc1. The molecule has 9 heteroatoms. The lowest BCUT2D eigenvalue weighted by molar-refractivity contribution is -0.384. The summed E-state index contributed by atoms with van der Waals surface area (Å²) in [6.07, 6.45) is 3.19. The van der Waals surface area contributed by atoms with Gasteiger partial charge in [0.15, 0.2) is 0 Å². The van der Waals surface area contributed by atoms with Crippen LogP contribution in [-0.2, 0) is 4.79 Å². The van der Waals surface area contributed by atoms with Gasteiger partial charge in [0.25, 0.3) is 11.6 Å². The molecule has 9 nitrogen and oxygen atoms in total. The second-order valence-electron chi connectivity index (χ2n) is 6.04. The summed E-state index contributed by atoms with van der Waals surface area (Å²) in [5, 5.41) is 17.5. The molecule has 3 aromatic rings. The number of nitrogens with zero attached hydrogens (tertiary/aromatic N) is 3. The Kier molecular flexibility index (Phi) is 5.79. The van der Waals surface area contributed by atoms with Crippen LogP contribution in [0, 0.1) is 10.1 Å². The minimum atomic E-state index is -0.460. The molecule has 0 aliphatic rings. The van der Waals surface area contributed by atoms with Gasteiger partial charge in [0.2, 0.25) is 5.91 Å². The van der Waals surface area contributed by atoms with Crippen LogP contribution in [0.4, 0.5) is 11.4 Å². The van der Waals surface area contributed by atoms with Gasteiger partial charge in [-0.25, -0.2) is 5.43 Å². The summed E-state index contributed by atoms with van der Waals surface area (Å²) in [5.74, 6) is -0.609. The molecular weight excluding hydrogens is 374 g/mol. The molecular formula is C20H17N5O4. The van der Waals surface area contributed by atoms with Crippen molar-refractivity contribution in [3.63, 3.8) is 0 Å². The number of nitrogens with one attached hydrogen (secondary N) is 2. The molecule has 29 heavy (non-hydrogen) atoms. The van der Waals surface area contributed by atoms with Crippen molar-refractivity contribution in [3.05, 3.63) is 88.2 Å². The molecule has 0 aliphatic heterocycles. The lowest BCUT2D eigenvalue weighted by Gasteiger charge is -2.06. The predicted octanol–water partition coefficient (Wildman–Crippen LogP) is 3.11. The number of non-ortho nitro benzene ring substituents is 1. The average Bonchev–Trinajstić information content (AvgIpc) is 3.16. The van der Waals surface area contributed by atoms with Crippen molar-refractivity contribution in [1.29, 1.82) is 0 Å². The summed E-state index contributed by atoms with van der Waals surface area (Å²) < 4.78 is 1.71. The van der Waals surface area contributed by atoms with Gasteiger partial charge in [-0.3, -0.25) is 19.7 Å². The zero-order chi connectivity index (χ0) is 20.8.